The van der Waals surface area contributed by atoms with E-state index in [1.165, 1.54) is 12.1 Å². The maximum Gasteiger partial charge on any atom is 0.252 e. The lowest BCUT2D eigenvalue weighted by atomic mass is 10.2. The monoisotopic (exact) mass is 292 g/mol. The first-order chi connectivity index (χ1) is 9.49. The van der Waals surface area contributed by atoms with Crippen molar-refractivity contribution in [3.05, 3.63) is 28.8 Å². The molecule has 20 heavy (non-hydrogen) atoms. The average molecular weight is 293 g/mol. The minimum atomic E-state index is -0.440. The highest BCUT2D eigenvalue weighted by molar-refractivity contribution is 6.45. The maximum atomic E-state index is 11.6. The molecular formula is C12H13ClN6O. The molecule has 5 N–H and O–H groups in total. The van der Waals surface area contributed by atoms with E-state index < -0.39 is 5.84 Å². The molecule has 1 amide bonds. The molecule has 0 atom stereocenters. The maximum absolute atomic E-state index is 11.6. The van der Waals surface area contributed by atoms with Crippen molar-refractivity contribution in [2.75, 3.05) is 12.0 Å². The van der Waals surface area contributed by atoms with E-state index in [0.29, 0.717) is 17.8 Å². The normalized spacial score (nSPS) is 10.6. The molecule has 0 heterocycles. The standard InChI is InChI=1S/C12H13ClN6O/c1-2-17-12(20)8-4-3-7(5-9(8)13)18-19-10(6-14)11(15)16/h3-5,18H,2H2,1H3,(H3,15,16)(H,17,20)/b19-10+. The van der Waals surface area contributed by atoms with Crippen LogP contribution in [0.15, 0.2) is 23.3 Å². The SMILES string of the molecule is CCNC(=O)c1ccc(N/N=C(\C#N)C(=N)N)cc1Cl. The van der Waals surface area contributed by atoms with Gasteiger partial charge in [-0.2, -0.15) is 10.4 Å². The van der Waals surface area contributed by atoms with Gasteiger partial charge in [0.1, 0.15) is 6.07 Å². The predicted molar refractivity (Wildman–Crippen MR) is 78.0 cm³/mol. The first-order valence-electron chi connectivity index (χ1n) is 5.65. The molecule has 0 unspecified atom stereocenters. The smallest absolute Gasteiger partial charge is 0.252 e. The first-order valence-corrected chi connectivity index (χ1v) is 6.03. The van der Waals surface area contributed by atoms with Crippen LogP contribution in [-0.2, 0) is 0 Å². The van der Waals surface area contributed by atoms with E-state index in [-0.39, 0.29) is 16.6 Å². The number of carbonyl (C=O) groups is 1. The topological polar surface area (TPSA) is 127 Å². The number of hydrogen-bond acceptors (Lipinski definition) is 5. The fraction of sp³-hybridized carbons (Fsp3) is 0.167. The summed E-state index contributed by atoms with van der Waals surface area (Å²) in [5, 5.41) is 22.3. The summed E-state index contributed by atoms with van der Waals surface area (Å²) in [7, 11) is 0. The van der Waals surface area contributed by atoms with Crippen LogP contribution < -0.4 is 16.5 Å². The Morgan fingerprint density at radius 3 is 2.80 bits per heavy atom. The molecule has 1 rings (SSSR count). The van der Waals surface area contributed by atoms with E-state index in [1.54, 1.807) is 12.1 Å². The highest BCUT2D eigenvalue weighted by atomic mass is 35.5. The zero-order chi connectivity index (χ0) is 15.1. The van der Waals surface area contributed by atoms with E-state index in [4.69, 9.17) is 28.0 Å². The van der Waals surface area contributed by atoms with E-state index in [1.807, 2.05) is 6.92 Å². The molecule has 0 bridgehead atoms. The van der Waals surface area contributed by atoms with Gasteiger partial charge in [-0.05, 0) is 25.1 Å². The minimum Gasteiger partial charge on any atom is -0.382 e. The Hall–Kier alpha value is -2.59. The molecule has 104 valence electrons. The molecule has 0 aliphatic carbocycles. The summed E-state index contributed by atoms with van der Waals surface area (Å²) in [6.07, 6.45) is 0. The molecule has 0 aromatic heterocycles. The van der Waals surface area contributed by atoms with Crippen LogP contribution in [0, 0.1) is 16.7 Å². The second-order valence-corrected chi connectivity index (χ2v) is 4.06. The third-order valence-electron chi connectivity index (χ3n) is 2.21. The van der Waals surface area contributed by atoms with Crippen LogP contribution in [0.4, 0.5) is 5.69 Å². The molecule has 1 aromatic rings. The van der Waals surface area contributed by atoms with Crippen molar-refractivity contribution in [2.24, 2.45) is 10.8 Å². The summed E-state index contributed by atoms with van der Waals surface area (Å²) in [4.78, 5) is 11.6. The number of carbonyl (C=O) groups excluding carboxylic acids is 1. The van der Waals surface area contributed by atoms with Gasteiger partial charge in [-0.15, -0.1) is 0 Å². The van der Waals surface area contributed by atoms with E-state index in [2.05, 4.69) is 15.8 Å². The molecule has 0 fully saturated rings. The molecule has 0 radical (unpaired) electrons. The largest absolute Gasteiger partial charge is 0.382 e. The molecule has 0 aliphatic heterocycles. The number of nitrogens with two attached hydrogens (primary N) is 1. The molecule has 1 aromatic carbocycles. The second kappa shape index (κ2) is 7.11. The number of hydrazone groups is 1. The number of anilines is 1. The van der Waals surface area contributed by atoms with Gasteiger partial charge in [-0.3, -0.25) is 15.6 Å². The summed E-state index contributed by atoms with van der Waals surface area (Å²) >= 11 is 5.99. The van der Waals surface area contributed by atoms with Gasteiger partial charge < -0.3 is 11.1 Å². The Labute approximate surface area is 120 Å². The second-order valence-electron chi connectivity index (χ2n) is 3.65. The molecule has 0 spiro atoms. The van der Waals surface area contributed by atoms with Crippen LogP contribution in [0.25, 0.3) is 0 Å². The van der Waals surface area contributed by atoms with Crippen molar-refractivity contribution in [1.82, 2.24) is 5.32 Å². The number of rotatable bonds is 5. The van der Waals surface area contributed by atoms with Crippen molar-refractivity contribution in [3.8, 4) is 6.07 Å². The molecule has 7 nitrogen and oxygen atoms in total. The van der Waals surface area contributed by atoms with Crippen LogP contribution in [-0.4, -0.2) is 24.0 Å². The number of nitrogens with one attached hydrogen (secondary N) is 3. The van der Waals surface area contributed by atoms with Crippen LogP contribution in [0.2, 0.25) is 5.02 Å². The summed E-state index contributed by atoms with van der Waals surface area (Å²) in [5.74, 6) is -0.709. The predicted octanol–water partition coefficient (Wildman–Crippen LogP) is 1.32. The van der Waals surface area contributed by atoms with Crippen LogP contribution >= 0.6 is 11.6 Å². The van der Waals surface area contributed by atoms with Gasteiger partial charge in [-0.1, -0.05) is 11.6 Å². The van der Waals surface area contributed by atoms with Crippen molar-refractivity contribution in [2.45, 2.75) is 6.92 Å². The number of benzene rings is 1. The molecule has 8 heteroatoms. The Bertz CT molecular complexity index is 604. The van der Waals surface area contributed by atoms with Crippen LogP contribution in [0.3, 0.4) is 0 Å². The van der Waals surface area contributed by atoms with E-state index in [0.717, 1.165) is 0 Å². The fourth-order valence-electron chi connectivity index (χ4n) is 1.29. The summed E-state index contributed by atoms with van der Waals surface area (Å²) < 4.78 is 0. The Balaban J connectivity index is 2.91. The highest BCUT2D eigenvalue weighted by Gasteiger charge is 2.09. The lowest BCUT2D eigenvalue weighted by Crippen LogP contribution is -2.23. The van der Waals surface area contributed by atoms with Crippen molar-refractivity contribution >= 4 is 34.7 Å². The fourth-order valence-corrected chi connectivity index (χ4v) is 1.56. The first kappa shape index (κ1) is 15.5. The van der Waals surface area contributed by atoms with Gasteiger partial charge in [0.15, 0.2) is 5.84 Å². The quantitative estimate of drug-likeness (QED) is 0.371. The number of amidine groups is 1. The number of amides is 1. The molecule has 0 saturated carbocycles. The van der Waals surface area contributed by atoms with Gasteiger partial charge in [0.2, 0.25) is 5.71 Å². The average Bonchev–Trinajstić information content (AvgIpc) is 2.39. The number of halogens is 1. The van der Waals surface area contributed by atoms with Crippen LogP contribution in [0.5, 0.6) is 0 Å². The third kappa shape index (κ3) is 3.96. The Kier molecular flexibility index (Phi) is 5.50. The molecule has 0 saturated heterocycles. The lowest BCUT2D eigenvalue weighted by Gasteiger charge is -2.07. The lowest BCUT2D eigenvalue weighted by molar-refractivity contribution is 0.0956. The summed E-state index contributed by atoms with van der Waals surface area (Å²) in [6, 6.07) is 6.28. The third-order valence-corrected chi connectivity index (χ3v) is 2.52. The van der Waals surface area contributed by atoms with Crippen molar-refractivity contribution in [1.29, 1.82) is 10.7 Å². The molecule has 0 aliphatic rings. The minimum absolute atomic E-state index is 0.242. The number of nitriles is 1. The van der Waals surface area contributed by atoms with E-state index in [9.17, 15) is 4.79 Å². The van der Waals surface area contributed by atoms with Crippen molar-refractivity contribution < 1.29 is 4.79 Å². The zero-order valence-electron chi connectivity index (χ0n) is 10.7. The van der Waals surface area contributed by atoms with Gasteiger partial charge in [0.05, 0.1) is 16.3 Å². The van der Waals surface area contributed by atoms with Crippen LogP contribution in [0.1, 0.15) is 17.3 Å². The van der Waals surface area contributed by atoms with Gasteiger partial charge in [0, 0.05) is 6.54 Å². The highest BCUT2D eigenvalue weighted by Crippen LogP contribution is 2.21. The Morgan fingerprint density at radius 1 is 1.60 bits per heavy atom. The summed E-state index contributed by atoms with van der Waals surface area (Å²) in [6.45, 7) is 2.31. The van der Waals surface area contributed by atoms with Gasteiger partial charge >= 0.3 is 0 Å². The van der Waals surface area contributed by atoms with Gasteiger partial charge in [0.25, 0.3) is 5.91 Å². The Morgan fingerprint density at radius 2 is 2.30 bits per heavy atom. The zero-order valence-corrected chi connectivity index (χ0v) is 11.5. The van der Waals surface area contributed by atoms with Gasteiger partial charge in [-0.25, -0.2) is 0 Å². The summed E-state index contributed by atoms with van der Waals surface area (Å²) in [5.41, 5.74) is 8.26. The van der Waals surface area contributed by atoms with Crippen molar-refractivity contribution in [3.63, 3.8) is 0 Å². The van der Waals surface area contributed by atoms with E-state index >= 15 is 0 Å². The number of nitrogens with zero attached hydrogens (tertiary/aromatic N) is 2. The molecular weight excluding hydrogens is 280 g/mol. The number of hydrogen-bond donors (Lipinski definition) is 4.